The first kappa shape index (κ1) is 5.70. The molecular weight excluding hydrogens is 76.1 g/mol. The zero-order valence-electron chi connectivity index (χ0n) is 4.19. The summed E-state index contributed by atoms with van der Waals surface area (Å²) in [5, 5.41) is 9.79. The lowest BCUT2D eigenvalue weighted by Crippen LogP contribution is -1.77. The Morgan fingerprint density at radius 2 is 2.33 bits per heavy atom. The van der Waals surface area contributed by atoms with Crippen LogP contribution in [0.25, 0.3) is 0 Å². The molecule has 0 atom stereocenters. The topological polar surface area (TPSA) is 19.9 Å². The van der Waals surface area contributed by atoms with Gasteiger partial charge < -0.3 is 0 Å². The van der Waals surface area contributed by atoms with Crippen molar-refractivity contribution >= 4 is 0 Å². The van der Waals surface area contributed by atoms with Crippen LogP contribution in [0, 0.1) is 0 Å². The summed E-state index contributed by atoms with van der Waals surface area (Å²) < 4.78 is 0. The minimum atomic E-state index is -0.0590. The quantitative estimate of drug-likeness (QED) is 0.429. The lowest BCUT2D eigenvalue weighted by Gasteiger charge is -1.82. The third-order valence-electron chi connectivity index (χ3n) is 0.720. The Labute approximate surface area is 38.3 Å². The molecule has 6 heavy (non-hydrogen) atoms. The summed E-state index contributed by atoms with van der Waals surface area (Å²) in [6, 6.07) is 0. The van der Waals surface area contributed by atoms with Gasteiger partial charge in [0.25, 0.3) is 0 Å². The average molecular weight is 85.1 g/mol. The summed E-state index contributed by atoms with van der Waals surface area (Å²) in [5.41, 5.74) is 0.912. The van der Waals surface area contributed by atoms with Gasteiger partial charge in [-0.1, -0.05) is 6.08 Å². The van der Waals surface area contributed by atoms with Crippen molar-refractivity contribution in [3.05, 3.63) is 11.6 Å². The molecule has 0 aromatic rings. The molecule has 0 bridgehead atoms. The summed E-state index contributed by atoms with van der Waals surface area (Å²) in [7, 11) is 0. The van der Waals surface area contributed by atoms with Crippen LogP contribution in [0.3, 0.4) is 0 Å². The SMILES string of the molecule is CC=C(C)C[O]. The van der Waals surface area contributed by atoms with Gasteiger partial charge in [-0.2, -0.15) is 0 Å². The molecule has 1 nitrogen and oxygen atoms in total. The van der Waals surface area contributed by atoms with E-state index in [4.69, 9.17) is 0 Å². The maximum absolute atomic E-state index is 9.79. The fourth-order valence-corrected chi connectivity index (χ4v) is 0.0833. The monoisotopic (exact) mass is 85.1 g/mol. The minimum Gasteiger partial charge on any atom is -0.232 e. The zero-order chi connectivity index (χ0) is 4.99. The molecule has 0 rings (SSSR count). The second-order valence-corrected chi connectivity index (χ2v) is 1.28. The molecule has 0 aliphatic carbocycles. The maximum atomic E-state index is 9.79. The highest BCUT2D eigenvalue weighted by Crippen LogP contribution is 1.85. The fourth-order valence-electron chi connectivity index (χ4n) is 0.0833. The van der Waals surface area contributed by atoms with Gasteiger partial charge in [0.05, 0.1) is 0 Å². The highest BCUT2D eigenvalue weighted by atomic mass is 16.3. The van der Waals surface area contributed by atoms with E-state index in [9.17, 15) is 5.11 Å². The van der Waals surface area contributed by atoms with E-state index in [-0.39, 0.29) is 6.61 Å². The first-order valence-corrected chi connectivity index (χ1v) is 2.01. The van der Waals surface area contributed by atoms with E-state index in [1.165, 1.54) is 0 Å². The van der Waals surface area contributed by atoms with Crippen LogP contribution < -0.4 is 0 Å². The van der Waals surface area contributed by atoms with Crippen LogP contribution in [0.15, 0.2) is 11.6 Å². The van der Waals surface area contributed by atoms with Gasteiger partial charge in [0.15, 0.2) is 0 Å². The van der Waals surface area contributed by atoms with Gasteiger partial charge in [-0.3, -0.25) is 0 Å². The Morgan fingerprint density at radius 1 is 1.83 bits per heavy atom. The molecular formula is C5H9O. The zero-order valence-corrected chi connectivity index (χ0v) is 4.19. The number of hydrogen-bond donors (Lipinski definition) is 0. The first-order chi connectivity index (χ1) is 2.81. The Morgan fingerprint density at radius 3 is 2.33 bits per heavy atom. The van der Waals surface area contributed by atoms with Gasteiger partial charge in [0.2, 0.25) is 0 Å². The van der Waals surface area contributed by atoms with Crippen LogP contribution in [0.4, 0.5) is 0 Å². The molecule has 0 fully saturated rings. The molecule has 0 heterocycles. The standard InChI is InChI=1S/C5H9O/c1-3-5(2)4-6/h3H,4H2,1-2H3. The summed E-state index contributed by atoms with van der Waals surface area (Å²) in [4.78, 5) is 0. The second-order valence-electron chi connectivity index (χ2n) is 1.28. The normalized spacial score (nSPS) is 12.2. The minimum absolute atomic E-state index is 0.0590. The van der Waals surface area contributed by atoms with Crippen LogP contribution in [0.1, 0.15) is 13.8 Å². The van der Waals surface area contributed by atoms with Crippen LogP contribution in [0.2, 0.25) is 0 Å². The largest absolute Gasteiger partial charge is 0.232 e. The van der Waals surface area contributed by atoms with Crippen molar-refractivity contribution in [2.75, 3.05) is 6.61 Å². The molecule has 0 saturated carbocycles. The van der Waals surface area contributed by atoms with Gasteiger partial charge in [0.1, 0.15) is 6.61 Å². The van der Waals surface area contributed by atoms with E-state index < -0.39 is 0 Å². The van der Waals surface area contributed by atoms with E-state index in [1.807, 2.05) is 19.9 Å². The number of hydrogen-bond acceptors (Lipinski definition) is 0. The number of rotatable bonds is 1. The predicted octanol–water partition coefficient (Wildman–Crippen LogP) is 1.38. The molecule has 1 heteroatoms. The van der Waals surface area contributed by atoms with E-state index in [2.05, 4.69) is 0 Å². The van der Waals surface area contributed by atoms with Crippen molar-refractivity contribution < 1.29 is 5.11 Å². The molecule has 0 saturated heterocycles. The lowest BCUT2D eigenvalue weighted by molar-refractivity contribution is 0.223. The Hall–Kier alpha value is -0.300. The Bertz CT molecular complexity index is 55.0. The van der Waals surface area contributed by atoms with Gasteiger partial charge >= 0.3 is 0 Å². The van der Waals surface area contributed by atoms with E-state index in [1.54, 1.807) is 0 Å². The van der Waals surface area contributed by atoms with Crippen LogP contribution in [-0.2, 0) is 5.11 Å². The molecule has 0 aromatic carbocycles. The van der Waals surface area contributed by atoms with Gasteiger partial charge in [-0.15, -0.1) is 0 Å². The van der Waals surface area contributed by atoms with Gasteiger partial charge in [-0.05, 0) is 19.4 Å². The summed E-state index contributed by atoms with van der Waals surface area (Å²) in [5.74, 6) is 0. The summed E-state index contributed by atoms with van der Waals surface area (Å²) in [6.07, 6.45) is 1.83. The third-order valence-corrected chi connectivity index (χ3v) is 0.720. The van der Waals surface area contributed by atoms with Crippen LogP contribution in [0.5, 0.6) is 0 Å². The predicted molar refractivity (Wildman–Crippen MR) is 25.0 cm³/mol. The summed E-state index contributed by atoms with van der Waals surface area (Å²) >= 11 is 0. The van der Waals surface area contributed by atoms with Crippen LogP contribution >= 0.6 is 0 Å². The molecule has 0 aliphatic heterocycles. The Balaban J connectivity index is 3.22. The molecule has 0 aliphatic rings. The fraction of sp³-hybridized carbons (Fsp3) is 0.600. The maximum Gasteiger partial charge on any atom is 0.103 e. The van der Waals surface area contributed by atoms with Crippen LogP contribution in [-0.4, -0.2) is 6.61 Å². The smallest absolute Gasteiger partial charge is 0.103 e. The summed E-state index contributed by atoms with van der Waals surface area (Å²) in [6.45, 7) is 3.64. The second kappa shape index (κ2) is 2.91. The lowest BCUT2D eigenvalue weighted by atomic mass is 10.3. The number of allylic oxidation sites excluding steroid dienone is 1. The molecule has 0 amide bonds. The van der Waals surface area contributed by atoms with Crippen molar-refractivity contribution in [3.8, 4) is 0 Å². The highest BCUT2D eigenvalue weighted by Gasteiger charge is 1.76. The molecule has 1 radical (unpaired) electrons. The molecule has 0 N–H and O–H groups in total. The van der Waals surface area contributed by atoms with E-state index in [0.29, 0.717) is 0 Å². The van der Waals surface area contributed by atoms with Gasteiger partial charge in [-0.25, -0.2) is 5.11 Å². The third kappa shape index (κ3) is 1.97. The Kier molecular flexibility index (Phi) is 2.77. The molecule has 35 valence electrons. The molecule has 0 aromatic heterocycles. The van der Waals surface area contributed by atoms with Crippen molar-refractivity contribution in [1.29, 1.82) is 0 Å². The first-order valence-electron chi connectivity index (χ1n) is 2.01. The van der Waals surface area contributed by atoms with Crippen molar-refractivity contribution in [2.45, 2.75) is 13.8 Å². The van der Waals surface area contributed by atoms with Gasteiger partial charge in [0, 0.05) is 0 Å². The van der Waals surface area contributed by atoms with E-state index in [0.717, 1.165) is 5.57 Å². The molecule has 0 unspecified atom stereocenters. The van der Waals surface area contributed by atoms with E-state index >= 15 is 0 Å². The van der Waals surface area contributed by atoms with Crippen molar-refractivity contribution in [2.24, 2.45) is 0 Å². The molecule has 0 spiro atoms. The average Bonchev–Trinajstić information content (AvgIpc) is 1.65. The highest BCUT2D eigenvalue weighted by molar-refractivity contribution is 4.94. The van der Waals surface area contributed by atoms with Crippen molar-refractivity contribution in [3.63, 3.8) is 0 Å². The van der Waals surface area contributed by atoms with Crippen molar-refractivity contribution in [1.82, 2.24) is 0 Å².